The lowest BCUT2D eigenvalue weighted by Crippen LogP contribution is -2.53. The van der Waals surface area contributed by atoms with Crippen LogP contribution in [0.2, 0.25) is 0 Å². The third-order valence-corrected chi connectivity index (χ3v) is 3.99. The third kappa shape index (κ3) is 2.51. The van der Waals surface area contributed by atoms with Crippen molar-refractivity contribution in [2.24, 2.45) is 0 Å². The van der Waals surface area contributed by atoms with Gasteiger partial charge in [0.1, 0.15) is 17.5 Å². The molecule has 112 valence electrons. The van der Waals surface area contributed by atoms with Crippen LogP contribution in [0.1, 0.15) is 31.1 Å². The van der Waals surface area contributed by atoms with E-state index >= 15 is 0 Å². The summed E-state index contributed by atoms with van der Waals surface area (Å²) < 4.78 is 6.04. The molecule has 0 saturated heterocycles. The molecule has 22 heavy (non-hydrogen) atoms. The van der Waals surface area contributed by atoms with Crippen molar-refractivity contribution in [1.29, 1.82) is 5.26 Å². The number of fused-ring (bicyclic) bond motifs is 1. The SMILES string of the molecule is CC1(C)Oc2ccc(C#N)cc2[C@H](O)[C@H]1Nc1ccccc1. The molecule has 0 radical (unpaired) electrons. The van der Waals surface area contributed by atoms with Crippen molar-refractivity contribution < 1.29 is 9.84 Å². The molecule has 4 nitrogen and oxygen atoms in total. The van der Waals surface area contributed by atoms with Crippen molar-refractivity contribution in [3.8, 4) is 11.8 Å². The molecule has 0 spiro atoms. The number of hydrogen-bond donors (Lipinski definition) is 2. The molecule has 0 unspecified atom stereocenters. The molecule has 0 aliphatic carbocycles. The zero-order valence-electron chi connectivity index (χ0n) is 12.6. The Morgan fingerprint density at radius 1 is 1.18 bits per heavy atom. The number of benzene rings is 2. The molecule has 2 aromatic rings. The highest BCUT2D eigenvalue weighted by atomic mass is 16.5. The number of hydrogen-bond acceptors (Lipinski definition) is 4. The highest BCUT2D eigenvalue weighted by Gasteiger charge is 2.43. The van der Waals surface area contributed by atoms with Gasteiger partial charge in [-0.3, -0.25) is 0 Å². The van der Waals surface area contributed by atoms with Crippen LogP contribution < -0.4 is 10.1 Å². The molecule has 0 amide bonds. The summed E-state index contributed by atoms with van der Waals surface area (Å²) in [6, 6.07) is 16.6. The molecule has 3 rings (SSSR count). The number of ether oxygens (including phenoxy) is 1. The van der Waals surface area contributed by atoms with Gasteiger partial charge in [-0.25, -0.2) is 0 Å². The van der Waals surface area contributed by atoms with E-state index in [1.165, 1.54) is 0 Å². The maximum absolute atomic E-state index is 10.8. The van der Waals surface area contributed by atoms with E-state index in [9.17, 15) is 5.11 Å². The number of anilines is 1. The molecule has 0 fully saturated rings. The fourth-order valence-corrected chi connectivity index (χ4v) is 2.82. The molecule has 4 heteroatoms. The molecule has 2 N–H and O–H groups in total. The van der Waals surface area contributed by atoms with E-state index in [-0.39, 0.29) is 6.04 Å². The minimum absolute atomic E-state index is 0.323. The number of para-hydroxylation sites is 1. The van der Waals surface area contributed by atoms with Crippen LogP contribution in [-0.4, -0.2) is 16.7 Å². The quantitative estimate of drug-likeness (QED) is 0.892. The van der Waals surface area contributed by atoms with Gasteiger partial charge in [0.2, 0.25) is 0 Å². The predicted molar refractivity (Wildman–Crippen MR) is 84.7 cm³/mol. The van der Waals surface area contributed by atoms with Crippen molar-refractivity contribution >= 4 is 5.69 Å². The maximum atomic E-state index is 10.8. The van der Waals surface area contributed by atoms with Crippen molar-refractivity contribution in [1.82, 2.24) is 0 Å². The van der Waals surface area contributed by atoms with Gasteiger partial charge in [0.25, 0.3) is 0 Å². The predicted octanol–water partition coefficient (Wildman–Crippen LogP) is 3.24. The Labute approximate surface area is 130 Å². The lowest BCUT2D eigenvalue weighted by atomic mass is 9.85. The number of nitriles is 1. The Morgan fingerprint density at radius 2 is 1.91 bits per heavy atom. The van der Waals surface area contributed by atoms with Gasteiger partial charge in [-0.05, 0) is 44.2 Å². The minimum Gasteiger partial charge on any atom is -0.485 e. The highest BCUT2D eigenvalue weighted by Crippen LogP contribution is 2.41. The Balaban J connectivity index is 1.98. The smallest absolute Gasteiger partial charge is 0.126 e. The first-order valence-electron chi connectivity index (χ1n) is 7.24. The van der Waals surface area contributed by atoms with Crippen molar-refractivity contribution in [2.45, 2.75) is 31.6 Å². The lowest BCUT2D eigenvalue weighted by molar-refractivity contribution is -0.00319. The topological polar surface area (TPSA) is 65.3 Å². The fraction of sp³-hybridized carbons (Fsp3) is 0.278. The summed E-state index contributed by atoms with van der Waals surface area (Å²) in [6.07, 6.45) is -0.757. The van der Waals surface area contributed by atoms with Crippen LogP contribution in [0.3, 0.4) is 0 Å². The van der Waals surface area contributed by atoms with Gasteiger partial charge in [0.05, 0.1) is 17.7 Å². The number of rotatable bonds is 2. The Bertz CT molecular complexity index is 720. The second-order valence-electron chi connectivity index (χ2n) is 6.00. The van der Waals surface area contributed by atoms with Gasteiger partial charge < -0.3 is 15.2 Å². The third-order valence-electron chi connectivity index (χ3n) is 3.99. The molecule has 0 saturated carbocycles. The van der Waals surface area contributed by atoms with Gasteiger partial charge in [0.15, 0.2) is 0 Å². The molecular weight excluding hydrogens is 276 g/mol. The number of aliphatic hydroxyl groups is 1. The van der Waals surface area contributed by atoms with E-state index in [1.807, 2.05) is 44.2 Å². The second kappa shape index (κ2) is 5.36. The van der Waals surface area contributed by atoms with Crippen LogP contribution in [0.25, 0.3) is 0 Å². The summed E-state index contributed by atoms with van der Waals surface area (Å²) in [5, 5.41) is 23.2. The largest absolute Gasteiger partial charge is 0.485 e. The molecule has 0 bridgehead atoms. The summed E-state index contributed by atoms with van der Waals surface area (Å²) in [5.41, 5.74) is 1.49. The second-order valence-corrected chi connectivity index (χ2v) is 6.00. The van der Waals surface area contributed by atoms with E-state index in [1.54, 1.807) is 18.2 Å². The average Bonchev–Trinajstić information content (AvgIpc) is 2.52. The zero-order chi connectivity index (χ0) is 15.7. The van der Waals surface area contributed by atoms with Crippen LogP contribution in [0.5, 0.6) is 5.75 Å². The van der Waals surface area contributed by atoms with Gasteiger partial charge >= 0.3 is 0 Å². The van der Waals surface area contributed by atoms with E-state index < -0.39 is 11.7 Å². The van der Waals surface area contributed by atoms with Crippen LogP contribution in [-0.2, 0) is 0 Å². The van der Waals surface area contributed by atoms with E-state index in [0.717, 1.165) is 5.69 Å². The number of aliphatic hydroxyl groups excluding tert-OH is 1. The molecule has 1 heterocycles. The summed E-state index contributed by atoms with van der Waals surface area (Å²) >= 11 is 0. The average molecular weight is 294 g/mol. The summed E-state index contributed by atoms with van der Waals surface area (Å²) in [5.74, 6) is 0.627. The van der Waals surface area contributed by atoms with Crippen LogP contribution in [0.15, 0.2) is 48.5 Å². The van der Waals surface area contributed by atoms with Crippen molar-refractivity contribution in [3.63, 3.8) is 0 Å². The zero-order valence-corrected chi connectivity index (χ0v) is 12.6. The summed E-state index contributed by atoms with van der Waals surface area (Å²) in [4.78, 5) is 0. The standard InChI is InChI=1S/C18H18N2O2/c1-18(2)17(20-13-6-4-3-5-7-13)16(21)14-10-12(11-19)8-9-15(14)22-18/h3-10,16-17,20-21H,1-2H3/t16-,17+/m0/s1. The molecule has 1 aliphatic rings. The van der Waals surface area contributed by atoms with Crippen LogP contribution in [0.4, 0.5) is 5.69 Å². The molecular formula is C18H18N2O2. The van der Waals surface area contributed by atoms with Gasteiger partial charge in [-0.2, -0.15) is 5.26 Å². The van der Waals surface area contributed by atoms with E-state index in [0.29, 0.717) is 16.9 Å². The maximum Gasteiger partial charge on any atom is 0.126 e. The first-order chi connectivity index (χ1) is 10.5. The number of nitrogens with zero attached hydrogens (tertiary/aromatic N) is 1. The molecule has 2 aromatic carbocycles. The molecule has 1 aliphatic heterocycles. The summed E-state index contributed by atoms with van der Waals surface area (Å²) in [6.45, 7) is 3.88. The lowest BCUT2D eigenvalue weighted by Gasteiger charge is -2.43. The van der Waals surface area contributed by atoms with Gasteiger partial charge in [0, 0.05) is 11.3 Å². The number of nitrogens with one attached hydrogen (secondary N) is 1. The monoisotopic (exact) mass is 294 g/mol. The van der Waals surface area contributed by atoms with Gasteiger partial charge in [-0.15, -0.1) is 0 Å². The van der Waals surface area contributed by atoms with E-state index in [2.05, 4.69) is 11.4 Å². The van der Waals surface area contributed by atoms with Gasteiger partial charge in [-0.1, -0.05) is 18.2 Å². The van der Waals surface area contributed by atoms with E-state index in [4.69, 9.17) is 10.00 Å². The first-order valence-corrected chi connectivity index (χ1v) is 7.24. The van der Waals surface area contributed by atoms with Crippen molar-refractivity contribution in [3.05, 3.63) is 59.7 Å². The Hall–Kier alpha value is -2.51. The highest BCUT2D eigenvalue weighted by molar-refractivity contribution is 5.50. The summed E-state index contributed by atoms with van der Waals surface area (Å²) in [7, 11) is 0. The Morgan fingerprint density at radius 3 is 2.59 bits per heavy atom. The first kappa shape index (κ1) is 14.4. The van der Waals surface area contributed by atoms with Crippen LogP contribution >= 0.6 is 0 Å². The normalized spacial score (nSPS) is 22.1. The molecule has 0 aromatic heterocycles. The van der Waals surface area contributed by atoms with Crippen LogP contribution in [0, 0.1) is 11.3 Å². The molecule has 2 atom stereocenters. The van der Waals surface area contributed by atoms with Crippen molar-refractivity contribution in [2.75, 3.05) is 5.32 Å². The Kier molecular flexibility index (Phi) is 3.51. The minimum atomic E-state index is -0.757. The fourth-order valence-electron chi connectivity index (χ4n) is 2.82.